The van der Waals surface area contributed by atoms with E-state index in [-0.39, 0.29) is 26.2 Å². The first-order valence-electron chi connectivity index (χ1n) is 23.1. The lowest BCUT2D eigenvalue weighted by Crippen LogP contribution is -2.37. The molecule has 0 saturated carbocycles. The fourth-order valence-electron chi connectivity index (χ4n) is 6.03. The minimum Gasteiger partial charge on any atom is -0.756 e. The fraction of sp³-hybridized carbons (Fsp3) is 0.771. The Bertz CT molecular complexity index is 1090. The van der Waals surface area contributed by atoms with Gasteiger partial charge in [-0.1, -0.05) is 172 Å². The van der Waals surface area contributed by atoms with Crippen molar-refractivity contribution in [2.45, 2.75) is 193 Å². The van der Waals surface area contributed by atoms with Crippen LogP contribution >= 0.6 is 7.82 Å². The van der Waals surface area contributed by atoms with Crippen molar-refractivity contribution in [2.24, 2.45) is 0 Å². The zero-order valence-corrected chi connectivity index (χ0v) is 38.4. The molecule has 2 atom stereocenters. The van der Waals surface area contributed by atoms with Crippen molar-refractivity contribution in [1.29, 1.82) is 0 Å². The maximum atomic E-state index is 12.7. The number of hydrogen-bond acceptors (Lipinski definition) is 7. The van der Waals surface area contributed by atoms with E-state index in [9.17, 15) is 14.3 Å². The average molecular weight is 822 g/mol. The third-order valence-electron chi connectivity index (χ3n) is 9.64. The Morgan fingerprint density at radius 1 is 0.561 bits per heavy atom. The van der Waals surface area contributed by atoms with Crippen LogP contribution in [-0.2, 0) is 27.9 Å². The predicted octanol–water partition coefficient (Wildman–Crippen LogP) is 13.4. The molecule has 0 saturated heterocycles. The van der Waals surface area contributed by atoms with Crippen molar-refractivity contribution in [3.8, 4) is 0 Å². The standard InChI is InChI=1S/C48H88NO7P/c1-6-8-10-12-14-16-18-20-22-23-24-25-26-27-28-29-31-33-35-37-39-41-48(50)56-47(46-55-57(51,52)54-44-42-49(3,4)5)45-53-43-40-38-36-34-32-30-21-19-17-15-13-11-9-7-2/h22-23,25-26,28-29,33,35,40,43,47H,6-21,24,27,30-32,34,36-39,41-42,44-46H2,1-5H3/b23-22+,26-25+,29-28+,35-33+,43-40+/t47-/m1/s1. The topological polar surface area (TPSA) is 94.1 Å². The summed E-state index contributed by atoms with van der Waals surface area (Å²) < 4.78 is 34.3. The highest BCUT2D eigenvalue weighted by Crippen LogP contribution is 2.38. The van der Waals surface area contributed by atoms with Crippen LogP contribution in [0.5, 0.6) is 0 Å². The van der Waals surface area contributed by atoms with E-state index in [4.69, 9.17) is 18.5 Å². The summed E-state index contributed by atoms with van der Waals surface area (Å²) in [6.07, 6.45) is 52.0. The number of allylic oxidation sites excluding steroid dienone is 9. The fourth-order valence-corrected chi connectivity index (χ4v) is 6.76. The summed E-state index contributed by atoms with van der Waals surface area (Å²) in [5, 5.41) is 0. The molecule has 0 spiro atoms. The van der Waals surface area contributed by atoms with E-state index in [1.54, 1.807) is 6.26 Å². The third kappa shape index (κ3) is 45.0. The van der Waals surface area contributed by atoms with Crippen LogP contribution in [0.1, 0.15) is 187 Å². The highest BCUT2D eigenvalue weighted by atomic mass is 31.2. The monoisotopic (exact) mass is 822 g/mol. The number of hydrogen-bond donors (Lipinski definition) is 0. The summed E-state index contributed by atoms with van der Waals surface area (Å²) in [5.74, 6) is -0.410. The minimum atomic E-state index is -4.56. The summed E-state index contributed by atoms with van der Waals surface area (Å²) in [5.41, 5.74) is 0. The lowest BCUT2D eigenvalue weighted by molar-refractivity contribution is -0.870. The first-order chi connectivity index (χ1) is 27.6. The van der Waals surface area contributed by atoms with Gasteiger partial charge in [0, 0.05) is 6.42 Å². The molecule has 0 rings (SSSR count). The van der Waals surface area contributed by atoms with E-state index < -0.39 is 19.9 Å². The Hall–Kier alpha value is -1.96. The Morgan fingerprint density at radius 2 is 0.982 bits per heavy atom. The molecule has 0 heterocycles. The SMILES string of the molecule is CCCCCCCCC/C=C/C/C=C/C/C=C/C/C=C/CCCC(=O)O[C@H](CO/C=C/CCCCCCCCCCCCCC)COP(=O)([O-])OCC[N+](C)(C)C. The normalized spacial score (nSPS) is 14.2. The number of quaternary nitrogens is 1. The summed E-state index contributed by atoms with van der Waals surface area (Å²) in [4.78, 5) is 25.0. The molecule has 0 N–H and O–H groups in total. The van der Waals surface area contributed by atoms with Gasteiger partial charge in [-0.2, -0.15) is 0 Å². The second kappa shape index (κ2) is 40.8. The molecule has 0 aromatic rings. The number of carbonyl (C=O) groups is 1. The maximum Gasteiger partial charge on any atom is 0.306 e. The molecule has 0 fully saturated rings. The molecular formula is C48H88NO7P. The van der Waals surface area contributed by atoms with E-state index in [2.05, 4.69) is 62.5 Å². The predicted molar refractivity (Wildman–Crippen MR) is 240 cm³/mol. The molecule has 0 aromatic carbocycles. The lowest BCUT2D eigenvalue weighted by atomic mass is 10.0. The summed E-state index contributed by atoms with van der Waals surface area (Å²) in [6.45, 7) is 4.67. The van der Waals surface area contributed by atoms with Crippen LogP contribution in [0.15, 0.2) is 60.9 Å². The van der Waals surface area contributed by atoms with Crippen LogP contribution in [-0.4, -0.2) is 64.1 Å². The number of carbonyl (C=O) groups excluding carboxylic acids is 1. The van der Waals surface area contributed by atoms with Gasteiger partial charge in [0.1, 0.15) is 19.8 Å². The number of phosphoric ester groups is 1. The molecule has 332 valence electrons. The first-order valence-corrected chi connectivity index (χ1v) is 24.5. The molecule has 0 aliphatic carbocycles. The molecule has 57 heavy (non-hydrogen) atoms. The van der Waals surface area contributed by atoms with E-state index in [0.717, 1.165) is 38.5 Å². The van der Waals surface area contributed by atoms with Crippen LogP contribution in [0.2, 0.25) is 0 Å². The van der Waals surface area contributed by atoms with E-state index in [1.807, 2.05) is 27.2 Å². The number of likely N-dealkylation sites (N-methyl/N-ethyl adjacent to an activating group) is 1. The Balaban J connectivity index is 4.36. The van der Waals surface area contributed by atoms with Gasteiger partial charge < -0.3 is 27.9 Å². The molecule has 0 aromatic heterocycles. The van der Waals surface area contributed by atoms with Crippen LogP contribution < -0.4 is 4.89 Å². The van der Waals surface area contributed by atoms with Gasteiger partial charge in [0.05, 0.1) is 34.0 Å². The van der Waals surface area contributed by atoms with Gasteiger partial charge in [0.15, 0.2) is 6.10 Å². The van der Waals surface area contributed by atoms with Crippen molar-refractivity contribution in [3.63, 3.8) is 0 Å². The van der Waals surface area contributed by atoms with Crippen LogP contribution in [0.4, 0.5) is 0 Å². The molecule has 0 aliphatic rings. The van der Waals surface area contributed by atoms with Crippen LogP contribution in [0, 0.1) is 0 Å². The summed E-state index contributed by atoms with van der Waals surface area (Å²) in [6, 6.07) is 0. The van der Waals surface area contributed by atoms with Crippen molar-refractivity contribution in [2.75, 3.05) is 47.5 Å². The number of ether oxygens (including phenoxy) is 2. The van der Waals surface area contributed by atoms with Gasteiger partial charge in [0.2, 0.25) is 0 Å². The third-order valence-corrected chi connectivity index (χ3v) is 10.6. The van der Waals surface area contributed by atoms with E-state index in [0.29, 0.717) is 17.4 Å². The van der Waals surface area contributed by atoms with Gasteiger partial charge in [-0.25, -0.2) is 0 Å². The lowest BCUT2D eigenvalue weighted by Gasteiger charge is -2.28. The Kier molecular flexibility index (Phi) is 39.4. The second-order valence-electron chi connectivity index (χ2n) is 16.5. The van der Waals surface area contributed by atoms with Crippen molar-refractivity contribution >= 4 is 13.8 Å². The molecule has 8 nitrogen and oxygen atoms in total. The zero-order valence-electron chi connectivity index (χ0n) is 37.5. The number of esters is 1. The van der Waals surface area contributed by atoms with E-state index >= 15 is 0 Å². The van der Waals surface area contributed by atoms with Crippen LogP contribution in [0.25, 0.3) is 0 Å². The molecule has 0 aliphatic heterocycles. The number of phosphoric acid groups is 1. The summed E-state index contributed by atoms with van der Waals surface area (Å²) in [7, 11) is 1.29. The highest BCUT2D eigenvalue weighted by Gasteiger charge is 2.20. The Morgan fingerprint density at radius 3 is 1.46 bits per heavy atom. The van der Waals surface area contributed by atoms with Crippen molar-refractivity contribution < 1.29 is 37.3 Å². The van der Waals surface area contributed by atoms with Crippen molar-refractivity contribution in [3.05, 3.63) is 60.9 Å². The molecule has 1 unspecified atom stereocenters. The van der Waals surface area contributed by atoms with Gasteiger partial charge in [-0.05, 0) is 63.9 Å². The molecular weight excluding hydrogens is 734 g/mol. The van der Waals surface area contributed by atoms with Gasteiger partial charge >= 0.3 is 5.97 Å². The number of nitrogens with zero attached hydrogens (tertiary/aromatic N) is 1. The van der Waals surface area contributed by atoms with Crippen LogP contribution in [0.3, 0.4) is 0 Å². The van der Waals surface area contributed by atoms with E-state index in [1.165, 1.54) is 122 Å². The average Bonchev–Trinajstić information content (AvgIpc) is 3.16. The number of rotatable bonds is 42. The molecule has 0 bridgehead atoms. The largest absolute Gasteiger partial charge is 0.756 e. The van der Waals surface area contributed by atoms with Gasteiger partial charge in [-0.15, -0.1) is 0 Å². The summed E-state index contributed by atoms with van der Waals surface area (Å²) >= 11 is 0. The molecule has 0 amide bonds. The minimum absolute atomic E-state index is 0.00298. The first kappa shape index (κ1) is 55.0. The molecule has 0 radical (unpaired) electrons. The highest BCUT2D eigenvalue weighted by molar-refractivity contribution is 7.45. The molecule has 9 heteroatoms. The second-order valence-corrected chi connectivity index (χ2v) is 17.9. The Labute approximate surface area is 351 Å². The zero-order chi connectivity index (χ0) is 42.0. The van der Waals surface area contributed by atoms with Crippen molar-refractivity contribution in [1.82, 2.24) is 0 Å². The quantitative estimate of drug-likeness (QED) is 0.0151. The van der Waals surface area contributed by atoms with Gasteiger partial charge in [-0.3, -0.25) is 9.36 Å². The number of unbranched alkanes of at least 4 members (excludes halogenated alkanes) is 20. The smallest absolute Gasteiger partial charge is 0.306 e. The van der Waals surface area contributed by atoms with Gasteiger partial charge in [0.25, 0.3) is 7.82 Å². The maximum absolute atomic E-state index is 12.7.